The third kappa shape index (κ3) is 1.64. The van der Waals surface area contributed by atoms with Gasteiger partial charge >= 0.3 is 0 Å². The molecule has 94 valence electrons. The lowest BCUT2D eigenvalue weighted by Crippen LogP contribution is -2.44. The van der Waals surface area contributed by atoms with Crippen molar-refractivity contribution in [2.45, 2.75) is 25.3 Å². The van der Waals surface area contributed by atoms with Gasteiger partial charge in [0.25, 0.3) is 0 Å². The molecule has 4 heteroatoms. The lowest BCUT2D eigenvalue weighted by atomic mass is 9.93. The van der Waals surface area contributed by atoms with Gasteiger partial charge in [-0.3, -0.25) is 4.79 Å². The minimum Gasteiger partial charge on any atom is -0.450 e. The summed E-state index contributed by atoms with van der Waals surface area (Å²) >= 11 is 0. The minimum atomic E-state index is -0.579. The number of hydrogen-bond donors (Lipinski definition) is 1. The standard InChI is InChI=1S/C14H14FNO2/c1-14(6-3-7-16-14)13(17)11-8-9-4-2-5-10(15)12(9)18-11/h2,4-5,8,16H,3,6-7H2,1H3. The average Bonchev–Trinajstić information content (AvgIpc) is 2.96. The van der Waals surface area contributed by atoms with Gasteiger partial charge in [0, 0.05) is 5.39 Å². The number of halogens is 1. The van der Waals surface area contributed by atoms with E-state index in [0.717, 1.165) is 19.4 Å². The molecule has 1 aliphatic heterocycles. The number of ketones is 1. The summed E-state index contributed by atoms with van der Waals surface area (Å²) in [6.45, 7) is 2.70. The van der Waals surface area contributed by atoms with Gasteiger partial charge in [-0.1, -0.05) is 12.1 Å². The van der Waals surface area contributed by atoms with Crippen molar-refractivity contribution >= 4 is 16.8 Å². The fourth-order valence-corrected chi connectivity index (χ4v) is 2.50. The largest absolute Gasteiger partial charge is 0.450 e. The summed E-state index contributed by atoms with van der Waals surface area (Å²) < 4.78 is 18.9. The molecule has 1 atom stereocenters. The molecule has 18 heavy (non-hydrogen) atoms. The molecule has 0 bridgehead atoms. The molecule has 1 fully saturated rings. The lowest BCUT2D eigenvalue weighted by molar-refractivity contribution is 0.0857. The second-order valence-electron chi connectivity index (χ2n) is 4.96. The van der Waals surface area contributed by atoms with Crippen molar-refractivity contribution in [1.29, 1.82) is 0 Å². The summed E-state index contributed by atoms with van der Waals surface area (Å²) in [7, 11) is 0. The smallest absolute Gasteiger partial charge is 0.217 e. The third-order valence-electron chi connectivity index (χ3n) is 3.59. The second kappa shape index (κ2) is 3.92. The molecular weight excluding hydrogens is 233 g/mol. The van der Waals surface area contributed by atoms with E-state index in [1.165, 1.54) is 6.07 Å². The maximum Gasteiger partial charge on any atom is 0.217 e. The monoisotopic (exact) mass is 247 g/mol. The van der Waals surface area contributed by atoms with Crippen LogP contribution >= 0.6 is 0 Å². The summed E-state index contributed by atoms with van der Waals surface area (Å²) in [6.07, 6.45) is 1.75. The van der Waals surface area contributed by atoms with Crippen LogP contribution in [-0.4, -0.2) is 17.9 Å². The first-order chi connectivity index (χ1) is 8.60. The minimum absolute atomic E-state index is 0.101. The van der Waals surface area contributed by atoms with Crippen molar-refractivity contribution in [2.24, 2.45) is 0 Å². The molecule has 0 saturated carbocycles. The number of rotatable bonds is 2. The number of benzene rings is 1. The van der Waals surface area contributed by atoms with Crippen LogP contribution in [0.2, 0.25) is 0 Å². The Bertz CT molecular complexity index is 611. The fraction of sp³-hybridized carbons (Fsp3) is 0.357. The first kappa shape index (κ1) is 11.4. The first-order valence-electron chi connectivity index (χ1n) is 6.08. The zero-order valence-corrected chi connectivity index (χ0v) is 10.1. The van der Waals surface area contributed by atoms with Crippen molar-refractivity contribution in [3.63, 3.8) is 0 Å². The van der Waals surface area contributed by atoms with Crippen LogP contribution in [-0.2, 0) is 0 Å². The second-order valence-corrected chi connectivity index (χ2v) is 4.96. The average molecular weight is 247 g/mol. The molecular formula is C14H14FNO2. The SMILES string of the molecule is CC1(C(=O)c2cc3cccc(F)c3o2)CCCN1. The van der Waals surface area contributed by atoms with Gasteiger partial charge in [-0.2, -0.15) is 0 Å². The van der Waals surface area contributed by atoms with Gasteiger partial charge in [0.2, 0.25) is 5.78 Å². The molecule has 1 aliphatic rings. The van der Waals surface area contributed by atoms with Gasteiger partial charge in [0.15, 0.2) is 17.2 Å². The van der Waals surface area contributed by atoms with Crippen LogP contribution in [0.5, 0.6) is 0 Å². The fourth-order valence-electron chi connectivity index (χ4n) is 2.50. The molecule has 1 saturated heterocycles. The lowest BCUT2D eigenvalue weighted by Gasteiger charge is -2.20. The van der Waals surface area contributed by atoms with Gasteiger partial charge < -0.3 is 9.73 Å². The molecule has 1 aromatic carbocycles. The van der Waals surface area contributed by atoms with Crippen LogP contribution in [0.25, 0.3) is 11.0 Å². The molecule has 3 rings (SSSR count). The van der Waals surface area contributed by atoms with Crippen molar-refractivity contribution in [1.82, 2.24) is 5.32 Å². The molecule has 1 N–H and O–H groups in total. The molecule has 0 spiro atoms. The Balaban J connectivity index is 2.04. The topological polar surface area (TPSA) is 42.2 Å². The van der Waals surface area contributed by atoms with E-state index in [0.29, 0.717) is 5.39 Å². The van der Waals surface area contributed by atoms with Crippen molar-refractivity contribution in [3.05, 3.63) is 35.8 Å². The normalized spacial score (nSPS) is 23.7. The van der Waals surface area contributed by atoms with Crippen LogP contribution in [0, 0.1) is 5.82 Å². The number of carbonyl (C=O) groups is 1. The molecule has 3 nitrogen and oxygen atoms in total. The highest BCUT2D eigenvalue weighted by Crippen LogP contribution is 2.28. The summed E-state index contributed by atoms with van der Waals surface area (Å²) in [5.41, 5.74) is -0.424. The zero-order chi connectivity index (χ0) is 12.8. The van der Waals surface area contributed by atoms with E-state index in [-0.39, 0.29) is 17.1 Å². The number of para-hydroxylation sites is 1. The number of hydrogen-bond acceptors (Lipinski definition) is 3. The number of fused-ring (bicyclic) bond motifs is 1. The van der Waals surface area contributed by atoms with Crippen molar-refractivity contribution in [3.8, 4) is 0 Å². The van der Waals surface area contributed by atoms with Gasteiger partial charge in [0.1, 0.15) is 0 Å². The Hall–Kier alpha value is -1.68. The zero-order valence-electron chi connectivity index (χ0n) is 10.1. The highest BCUT2D eigenvalue weighted by Gasteiger charge is 2.38. The van der Waals surface area contributed by atoms with E-state index in [9.17, 15) is 9.18 Å². The van der Waals surface area contributed by atoms with Crippen LogP contribution in [0.1, 0.15) is 30.3 Å². The van der Waals surface area contributed by atoms with E-state index < -0.39 is 11.4 Å². The number of Topliss-reactive ketones (excluding diaryl/α,β-unsaturated/α-hetero) is 1. The molecule has 0 radical (unpaired) electrons. The molecule has 0 amide bonds. The Morgan fingerprint density at radius 1 is 1.50 bits per heavy atom. The van der Waals surface area contributed by atoms with Gasteiger partial charge in [-0.25, -0.2) is 4.39 Å². The molecule has 1 aromatic heterocycles. The third-order valence-corrected chi connectivity index (χ3v) is 3.59. The van der Waals surface area contributed by atoms with E-state index in [2.05, 4.69) is 5.32 Å². The van der Waals surface area contributed by atoms with Crippen LogP contribution in [0.3, 0.4) is 0 Å². The first-order valence-corrected chi connectivity index (χ1v) is 6.08. The molecule has 2 aromatic rings. The van der Waals surface area contributed by atoms with Crippen LogP contribution in [0.4, 0.5) is 4.39 Å². The molecule has 2 heterocycles. The van der Waals surface area contributed by atoms with Crippen molar-refractivity contribution in [2.75, 3.05) is 6.54 Å². The van der Waals surface area contributed by atoms with E-state index in [1.807, 2.05) is 6.92 Å². The van der Waals surface area contributed by atoms with Gasteiger partial charge in [-0.15, -0.1) is 0 Å². The van der Waals surface area contributed by atoms with E-state index >= 15 is 0 Å². The number of carbonyl (C=O) groups excluding carboxylic acids is 1. The van der Waals surface area contributed by atoms with Crippen LogP contribution < -0.4 is 5.32 Å². The van der Waals surface area contributed by atoms with Gasteiger partial charge in [-0.05, 0) is 38.4 Å². The van der Waals surface area contributed by atoms with Gasteiger partial charge in [0.05, 0.1) is 5.54 Å². The Labute approximate surface area is 104 Å². The predicted molar refractivity (Wildman–Crippen MR) is 66.1 cm³/mol. The highest BCUT2D eigenvalue weighted by atomic mass is 19.1. The predicted octanol–water partition coefficient (Wildman–Crippen LogP) is 2.90. The summed E-state index contributed by atoms with van der Waals surface area (Å²) in [4.78, 5) is 12.4. The van der Waals surface area contributed by atoms with Crippen molar-refractivity contribution < 1.29 is 13.6 Å². The Morgan fingerprint density at radius 2 is 2.33 bits per heavy atom. The maximum absolute atomic E-state index is 13.5. The summed E-state index contributed by atoms with van der Waals surface area (Å²) in [6, 6.07) is 6.29. The summed E-state index contributed by atoms with van der Waals surface area (Å²) in [5, 5.41) is 3.81. The maximum atomic E-state index is 13.5. The number of nitrogens with one attached hydrogen (secondary N) is 1. The Morgan fingerprint density at radius 3 is 3.00 bits per heavy atom. The Kier molecular flexibility index (Phi) is 2.48. The van der Waals surface area contributed by atoms with E-state index in [4.69, 9.17) is 4.42 Å². The number of furan rings is 1. The summed E-state index contributed by atoms with van der Waals surface area (Å²) in [5.74, 6) is -0.307. The highest BCUT2D eigenvalue weighted by molar-refractivity contribution is 6.03. The van der Waals surface area contributed by atoms with Crippen LogP contribution in [0.15, 0.2) is 28.7 Å². The molecule has 0 aliphatic carbocycles. The quantitative estimate of drug-likeness (QED) is 0.830. The molecule has 1 unspecified atom stereocenters. The van der Waals surface area contributed by atoms with E-state index in [1.54, 1.807) is 18.2 Å².